The lowest BCUT2D eigenvalue weighted by Crippen LogP contribution is -2.59. The van der Waals surface area contributed by atoms with E-state index in [1.165, 1.54) is 16.2 Å². The third-order valence-corrected chi connectivity index (χ3v) is 13.6. The summed E-state index contributed by atoms with van der Waals surface area (Å²) >= 11 is 0. The number of benzene rings is 2. The molecular weight excluding hydrogens is 801 g/mol. The highest BCUT2D eigenvalue weighted by Crippen LogP contribution is 2.39. The molecule has 0 radical (unpaired) electrons. The first-order chi connectivity index (χ1) is 28.2. The van der Waals surface area contributed by atoms with Gasteiger partial charge in [-0.05, 0) is 99.7 Å². The van der Waals surface area contributed by atoms with Crippen molar-refractivity contribution in [3.05, 3.63) is 101 Å². The van der Waals surface area contributed by atoms with Crippen LogP contribution in [-0.4, -0.2) is 120 Å². The molecule has 2 aliphatic carbocycles. The SMILES string of the molecule is O=C(C[C@@H](CCN1CCN(CC2COC2)[C@@H](CN(CCCCN2C(=O)c3ccccc3C2=O)[C@H]2CCCc3cccnc32)C1)c1ccccc1)C1CCC(F)(F)CC1.S.S. The van der Waals surface area contributed by atoms with Crippen molar-refractivity contribution >= 4 is 44.6 Å². The highest BCUT2D eigenvalue weighted by Gasteiger charge is 2.39. The molecule has 60 heavy (non-hydrogen) atoms. The Morgan fingerprint density at radius 2 is 1.60 bits per heavy atom. The van der Waals surface area contributed by atoms with Crippen LogP contribution >= 0.6 is 27.0 Å². The third-order valence-electron chi connectivity index (χ3n) is 13.6. The van der Waals surface area contributed by atoms with Crippen LogP contribution in [0.5, 0.6) is 0 Å². The van der Waals surface area contributed by atoms with E-state index >= 15 is 0 Å². The zero-order valence-corrected chi connectivity index (χ0v) is 36.8. The Labute approximate surface area is 368 Å². The third kappa shape index (κ3) is 11.1. The van der Waals surface area contributed by atoms with Gasteiger partial charge in [-0.3, -0.25) is 34.1 Å². The Morgan fingerprint density at radius 1 is 0.883 bits per heavy atom. The standard InChI is InChI=1S/C47H59F2N5O4.2H2S/c48-47(49)20-17-36(18-21-47)43(55)28-38(35-10-2-1-3-11-35)19-25-51-26-27-52(29-34-32-58-33-34)39(30-51)31-53(42-16-8-12-37-13-9-22-50-44(37)42)23-6-7-24-54-45(56)40-14-4-5-15-41(40)46(54)57;;/h1-5,9-11,13-15,22,34,36,38-39,42H,6-8,12,16-21,23-33H2;2*1H2/t38-,39-,42+;;/m1../s1. The molecule has 13 heteroatoms. The van der Waals surface area contributed by atoms with Crippen LogP contribution in [0, 0.1) is 11.8 Å². The number of halogens is 2. The molecule has 8 rings (SSSR count). The molecule has 0 spiro atoms. The van der Waals surface area contributed by atoms with E-state index in [0.717, 1.165) is 103 Å². The van der Waals surface area contributed by atoms with Crippen LogP contribution in [0.25, 0.3) is 0 Å². The van der Waals surface area contributed by atoms with E-state index in [1.807, 2.05) is 42.6 Å². The number of nitrogens with zero attached hydrogens (tertiary/aromatic N) is 5. The minimum Gasteiger partial charge on any atom is -0.381 e. The summed E-state index contributed by atoms with van der Waals surface area (Å²) in [6.07, 6.45) is 8.10. The zero-order valence-electron chi connectivity index (χ0n) is 34.8. The Hall–Kier alpha value is -3.20. The second-order valence-electron chi connectivity index (χ2n) is 17.5. The van der Waals surface area contributed by atoms with Crippen LogP contribution in [0.3, 0.4) is 0 Å². The monoisotopic (exact) mass is 863 g/mol. The number of unbranched alkanes of at least 4 members (excludes halogenated alkanes) is 1. The van der Waals surface area contributed by atoms with E-state index in [0.29, 0.717) is 30.0 Å². The topological polar surface area (TPSA) is 86.3 Å². The second-order valence-corrected chi connectivity index (χ2v) is 17.5. The van der Waals surface area contributed by atoms with Crippen LogP contribution in [-0.2, 0) is 16.0 Å². The number of rotatable bonds is 17. The molecule has 0 bridgehead atoms. The lowest BCUT2D eigenvalue weighted by Gasteiger charge is -2.47. The van der Waals surface area contributed by atoms with Gasteiger partial charge in [0.25, 0.3) is 11.8 Å². The molecule has 0 unspecified atom stereocenters. The lowest BCUT2D eigenvalue weighted by atomic mass is 9.79. The average Bonchev–Trinajstić information content (AvgIpc) is 3.47. The lowest BCUT2D eigenvalue weighted by molar-refractivity contribution is -0.127. The Bertz CT molecular complexity index is 1860. The van der Waals surface area contributed by atoms with E-state index in [9.17, 15) is 23.2 Å². The zero-order chi connectivity index (χ0) is 40.1. The highest BCUT2D eigenvalue weighted by atomic mass is 32.1. The van der Waals surface area contributed by atoms with Gasteiger partial charge >= 0.3 is 0 Å². The average molecular weight is 864 g/mol. The molecule has 1 saturated carbocycles. The molecule has 2 amide bonds. The molecule has 9 nitrogen and oxygen atoms in total. The number of carbonyl (C=O) groups is 3. The normalized spacial score (nSPS) is 22.7. The Morgan fingerprint density at radius 3 is 2.30 bits per heavy atom. The van der Waals surface area contributed by atoms with Gasteiger partial charge in [-0.25, -0.2) is 8.78 Å². The maximum absolute atomic E-state index is 13.9. The van der Waals surface area contributed by atoms with Gasteiger partial charge in [-0.2, -0.15) is 27.0 Å². The van der Waals surface area contributed by atoms with Crippen molar-refractivity contribution in [3.63, 3.8) is 0 Å². The first-order valence-electron chi connectivity index (χ1n) is 21.8. The van der Waals surface area contributed by atoms with Gasteiger partial charge in [0.05, 0.1) is 36.1 Å². The number of carbonyl (C=O) groups excluding carboxylic acids is 3. The largest absolute Gasteiger partial charge is 0.381 e. The number of ketones is 1. The fourth-order valence-electron chi connectivity index (χ4n) is 10.1. The maximum atomic E-state index is 13.9. The number of hydrogen-bond acceptors (Lipinski definition) is 8. The smallest absolute Gasteiger partial charge is 0.261 e. The number of aromatic nitrogens is 1. The van der Waals surface area contributed by atoms with E-state index in [4.69, 9.17) is 9.72 Å². The van der Waals surface area contributed by atoms with E-state index in [1.54, 1.807) is 12.1 Å². The molecule has 1 aromatic heterocycles. The number of Topliss-reactive ketones (excluding diaryl/α,β-unsaturated/α-hetero) is 1. The van der Waals surface area contributed by atoms with Gasteiger partial charge in [-0.15, -0.1) is 0 Å². The van der Waals surface area contributed by atoms with Crippen LogP contribution in [0.4, 0.5) is 8.78 Å². The maximum Gasteiger partial charge on any atom is 0.261 e. The fourth-order valence-corrected chi connectivity index (χ4v) is 10.1. The van der Waals surface area contributed by atoms with Crippen LogP contribution in [0.15, 0.2) is 72.9 Å². The first kappa shape index (κ1) is 46.3. The first-order valence-corrected chi connectivity index (χ1v) is 21.8. The highest BCUT2D eigenvalue weighted by molar-refractivity contribution is 7.59. The van der Waals surface area contributed by atoms with Crippen LogP contribution in [0.2, 0.25) is 0 Å². The van der Waals surface area contributed by atoms with Gasteiger partial charge in [0.15, 0.2) is 0 Å². The molecule has 4 heterocycles. The summed E-state index contributed by atoms with van der Waals surface area (Å²) < 4.78 is 33.5. The van der Waals surface area contributed by atoms with Crippen molar-refractivity contribution in [3.8, 4) is 0 Å². The minimum absolute atomic E-state index is 0. The number of pyridine rings is 1. The van der Waals surface area contributed by atoms with Crippen molar-refractivity contribution in [2.24, 2.45) is 11.8 Å². The van der Waals surface area contributed by atoms with Crippen molar-refractivity contribution in [2.75, 3.05) is 65.6 Å². The molecular formula is C47H63F2N5O4S2. The van der Waals surface area contributed by atoms with Crippen LogP contribution in [0.1, 0.15) is 114 Å². The molecule has 3 atom stereocenters. The van der Waals surface area contributed by atoms with Gasteiger partial charge in [0.1, 0.15) is 5.78 Å². The number of aryl methyl sites for hydroxylation is 1. The summed E-state index contributed by atoms with van der Waals surface area (Å²) in [5.41, 5.74) is 4.64. The molecule has 3 fully saturated rings. The summed E-state index contributed by atoms with van der Waals surface area (Å²) in [6.45, 7) is 8.42. The number of alkyl halides is 2. The van der Waals surface area contributed by atoms with Gasteiger partial charge in [0.2, 0.25) is 5.92 Å². The molecule has 326 valence electrons. The Kier molecular flexibility index (Phi) is 16.4. The van der Waals surface area contributed by atoms with Crippen molar-refractivity contribution in [1.29, 1.82) is 0 Å². The summed E-state index contributed by atoms with van der Waals surface area (Å²) in [5.74, 6) is -2.59. The minimum atomic E-state index is -2.64. The second kappa shape index (κ2) is 21.3. The van der Waals surface area contributed by atoms with Crippen LogP contribution < -0.4 is 0 Å². The number of fused-ring (bicyclic) bond motifs is 2. The van der Waals surface area contributed by atoms with Gasteiger partial charge in [-0.1, -0.05) is 48.5 Å². The number of ether oxygens (including phenoxy) is 1. The predicted octanol–water partition coefficient (Wildman–Crippen LogP) is 7.65. The molecule has 2 aromatic carbocycles. The van der Waals surface area contributed by atoms with E-state index < -0.39 is 5.92 Å². The van der Waals surface area contributed by atoms with Crippen molar-refractivity contribution in [1.82, 2.24) is 24.6 Å². The molecule has 0 N–H and O–H groups in total. The summed E-state index contributed by atoms with van der Waals surface area (Å²) in [4.78, 5) is 54.1. The predicted molar refractivity (Wildman–Crippen MR) is 240 cm³/mol. The number of piperazine rings is 1. The molecule has 3 aromatic rings. The number of imide groups is 1. The Balaban J connectivity index is 0.00000302. The quantitative estimate of drug-likeness (QED) is 0.101. The van der Waals surface area contributed by atoms with Gasteiger partial charge in [0, 0.05) is 82.6 Å². The summed E-state index contributed by atoms with van der Waals surface area (Å²) in [5, 5.41) is 0. The molecule has 3 aliphatic heterocycles. The molecule has 2 saturated heterocycles. The van der Waals surface area contributed by atoms with E-state index in [-0.39, 0.29) is 94.2 Å². The number of amides is 2. The van der Waals surface area contributed by atoms with Crippen molar-refractivity contribution < 1.29 is 27.9 Å². The van der Waals surface area contributed by atoms with Crippen molar-refractivity contribution in [2.45, 2.75) is 94.6 Å². The number of hydrogen-bond donors (Lipinski definition) is 0. The summed E-state index contributed by atoms with van der Waals surface area (Å²) in [7, 11) is 0. The summed E-state index contributed by atoms with van der Waals surface area (Å²) in [6, 6.07) is 22.1. The fraction of sp³-hybridized carbons (Fsp3) is 0.574. The molecule has 5 aliphatic rings. The van der Waals surface area contributed by atoms with Gasteiger partial charge < -0.3 is 9.64 Å². The van der Waals surface area contributed by atoms with E-state index in [2.05, 4.69) is 32.9 Å².